The Morgan fingerprint density at radius 2 is 2.27 bits per heavy atom. The first-order chi connectivity index (χ1) is 7.20. The van der Waals surface area contributed by atoms with E-state index in [-0.39, 0.29) is 5.56 Å². The van der Waals surface area contributed by atoms with Crippen LogP contribution < -0.4 is 5.32 Å². The van der Waals surface area contributed by atoms with E-state index >= 15 is 0 Å². The molecule has 0 saturated heterocycles. The van der Waals surface area contributed by atoms with Crippen LogP contribution in [0, 0.1) is 24.6 Å². The van der Waals surface area contributed by atoms with Gasteiger partial charge in [0.2, 0.25) is 0 Å². The van der Waals surface area contributed by atoms with Crippen molar-refractivity contribution in [1.82, 2.24) is 5.32 Å². The molecular weight excluding hydrogens is 193 g/mol. The predicted octanol–water partition coefficient (Wildman–Crippen LogP) is 1.52. The molecule has 1 aromatic rings. The summed E-state index contributed by atoms with van der Waals surface area (Å²) >= 11 is 0. The van der Waals surface area contributed by atoms with Crippen LogP contribution in [-0.4, -0.2) is 19.9 Å². The molecule has 1 N–H and O–H groups in total. The third-order valence-corrected chi connectivity index (χ3v) is 2.00. The van der Waals surface area contributed by atoms with Crippen LogP contribution in [0.5, 0.6) is 0 Å². The fourth-order valence-electron chi connectivity index (χ4n) is 1.21. The maximum atomic E-state index is 13.2. The summed E-state index contributed by atoms with van der Waals surface area (Å²) < 4.78 is 13.2. The first kappa shape index (κ1) is 11.4. The first-order valence-electron chi connectivity index (χ1n) is 4.58. The Bertz CT molecular complexity index is 429. The highest BCUT2D eigenvalue weighted by Gasteiger charge is 2.08. The van der Waals surface area contributed by atoms with E-state index in [1.807, 2.05) is 0 Å². The van der Waals surface area contributed by atoms with Gasteiger partial charge < -0.3 is 5.32 Å². The van der Waals surface area contributed by atoms with E-state index in [2.05, 4.69) is 17.2 Å². The molecule has 15 heavy (non-hydrogen) atoms. The molecule has 0 radical (unpaired) electrons. The van der Waals surface area contributed by atoms with Crippen LogP contribution in [0.4, 0.5) is 4.39 Å². The number of halogens is 1. The fourth-order valence-corrected chi connectivity index (χ4v) is 1.21. The molecule has 1 aromatic carbocycles. The number of nitrogens with one attached hydrogen (secondary N) is 1. The zero-order valence-electron chi connectivity index (χ0n) is 8.73. The van der Waals surface area contributed by atoms with Gasteiger partial charge in [-0.1, -0.05) is 17.9 Å². The average molecular weight is 205 g/mol. The lowest BCUT2D eigenvalue weighted by atomic mass is 10.0. The molecule has 0 aromatic heterocycles. The van der Waals surface area contributed by atoms with Crippen molar-refractivity contribution in [3.8, 4) is 11.8 Å². The number of rotatable bonds is 2. The predicted molar refractivity (Wildman–Crippen MR) is 57.3 cm³/mol. The first-order valence-corrected chi connectivity index (χ1v) is 4.58. The maximum absolute atomic E-state index is 13.2. The number of aldehydes is 1. The number of hydrogen-bond acceptors (Lipinski definition) is 2. The minimum Gasteiger partial charge on any atom is -0.309 e. The van der Waals surface area contributed by atoms with Gasteiger partial charge in [-0.25, -0.2) is 4.39 Å². The monoisotopic (exact) mass is 205 g/mol. The molecular formula is C12H12FNO. The van der Waals surface area contributed by atoms with E-state index in [0.717, 1.165) is 5.56 Å². The molecule has 0 aliphatic rings. The van der Waals surface area contributed by atoms with Crippen molar-refractivity contribution < 1.29 is 9.18 Å². The number of hydrogen-bond donors (Lipinski definition) is 1. The Morgan fingerprint density at radius 1 is 1.53 bits per heavy atom. The minimum atomic E-state index is -0.524. The summed E-state index contributed by atoms with van der Waals surface area (Å²) in [6, 6.07) is 2.90. The van der Waals surface area contributed by atoms with Crippen LogP contribution in [0.2, 0.25) is 0 Å². The van der Waals surface area contributed by atoms with Gasteiger partial charge in [-0.2, -0.15) is 0 Å². The smallest absolute Gasteiger partial charge is 0.154 e. The third-order valence-electron chi connectivity index (χ3n) is 2.00. The van der Waals surface area contributed by atoms with Gasteiger partial charge in [-0.15, -0.1) is 0 Å². The molecule has 0 saturated carbocycles. The quantitative estimate of drug-likeness (QED) is 0.586. The van der Waals surface area contributed by atoms with Gasteiger partial charge >= 0.3 is 0 Å². The van der Waals surface area contributed by atoms with Gasteiger partial charge in [0, 0.05) is 5.56 Å². The number of benzene rings is 1. The molecule has 1 rings (SSSR count). The van der Waals surface area contributed by atoms with E-state index in [4.69, 9.17) is 0 Å². The van der Waals surface area contributed by atoms with Gasteiger partial charge in [-0.05, 0) is 25.6 Å². The van der Waals surface area contributed by atoms with Gasteiger partial charge in [0.15, 0.2) is 6.29 Å². The van der Waals surface area contributed by atoms with E-state index in [1.165, 1.54) is 6.07 Å². The van der Waals surface area contributed by atoms with Crippen LogP contribution in [-0.2, 0) is 0 Å². The zero-order valence-corrected chi connectivity index (χ0v) is 8.73. The molecule has 0 bridgehead atoms. The van der Waals surface area contributed by atoms with Crippen molar-refractivity contribution in [3.63, 3.8) is 0 Å². The van der Waals surface area contributed by atoms with Crippen molar-refractivity contribution in [2.75, 3.05) is 13.6 Å². The molecule has 0 aliphatic heterocycles. The Labute approximate surface area is 88.5 Å². The van der Waals surface area contributed by atoms with E-state index in [0.29, 0.717) is 18.4 Å². The van der Waals surface area contributed by atoms with E-state index in [9.17, 15) is 9.18 Å². The largest absolute Gasteiger partial charge is 0.309 e. The molecule has 0 atom stereocenters. The van der Waals surface area contributed by atoms with Crippen molar-refractivity contribution in [2.45, 2.75) is 6.92 Å². The second-order valence-corrected chi connectivity index (χ2v) is 3.10. The highest BCUT2D eigenvalue weighted by molar-refractivity contribution is 5.80. The van der Waals surface area contributed by atoms with Crippen molar-refractivity contribution in [1.29, 1.82) is 0 Å². The topological polar surface area (TPSA) is 29.1 Å². The van der Waals surface area contributed by atoms with Crippen LogP contribution in [0.1, 0.15) is 21.5 Å². The highest BCUT2D eigenvalue weighted by atomic mass is 19.1. The molecule has 0 amide bonds. The molecule has 0 fully saturated rings. The second kappa shape index (κ2) is 5.28. The summed E-state index contributed by atoms with van der Waals surface area (Å²) in [6.07, 6.45) is 0.506. The molecule has 78 valence electrons. The van der Waals surface area contributed by atoms with Gasteiger partial charge in [-0.3, -0.25) is 4.79 Å². The molecule has 2 nitrogen and oxygen atoms in total. The number of aryl methyl sites for hydroxylation is 1. The van der Waals surface area contributed by atoms with Gasteiger partial charge in [0.25, 0.3) is 0 Å². The lowest BCUT2D eigenvalue weighted by Crippen LogP contribution is -2.05. The summed E-state index contributed by atoms with van der Waals surface area (Å²) in [4.78, 5) is 10.7. The average Bonchev–Trinajstić information content (AvgIpc) is 2.23. The molecule has 0 aliphatic carbocycles. The van der Waals surface area contributed by atoms with Crippen LogP contribution in [0.3, 0.4) is 0 Å². The SMILES string of the molecule is CNCC#Cc1c(C)ccc(F)c1C=O. The van der Waals surface area contributed by atoms with Crippen LogP contribution in [0.25, 0.3) is 0 Å². The highest BCUT2D eigenvalue weighted by Crippen LogP contribution is 2.14. The Kier molecular flexibility index (Phi) is 4.02. The molecule has 0 spiro atoms. The summed E-state index contributed by atoms with van der Waals surface area (Å²) in [7, 11) is 1.77. The Hall–Kier alpha value is -1.66. The fraction of sp³-hybridized carbons (Fsp3) is 0.250. The standard InChI is InChI=1S/C12H12FNO/c1-9-5-6-12(13)11(8-15)10(9)4-3-7-14-2/h5-6,8,14H,7H2,1-2H3. The number of carbonyl (C=O) groups excluding carboxylic acids is 1. The van der Waals surface area contributed by atoms with Crippen molar-refractivity contribution in [2.24, 2.45) is 0 Å². The van der Waals surface area contributed by atoms with E-state index < -0.39 is 5.82 Å². The normalized spacial score (nSPS) is 9.27. The van der Waals surface area contributed by atoms with Gasteiger partial charge in [0.05, 0.1) is 12.1 Å². The summed E-state index contributed by atoms with van der Waals surface area (Å²) in [5.74, 6) is 5.07. The lowest BCUT2D eigenvalue weighted by molar-refractivity contribution is 0.111. The Morgan fingerprint density at radius 3 is 2.87 bits per heavy atom. The second-order valence-electron chi connectivity index (χ2n) is 3.10. The van der Waals surface area contributed by atoms with Gasteiger partial charge in [0.1, 0.15) is 5.82 Å². The van der Waals surface area contributed by atoms with E-state index in [1.54, 1.807) is 20.0 Å². The summed E-state index contributed by atoms with van der Waals surface area (Å²) in [5.41, 5.74) is 1.32. The van der Waals surface area contributed by atoms with Crippen LogP contribution in [0.15, 0.2) is 12.1 Å². The third kappa shape index (κ3) is 2.64. The molecule has 0 unspecified atom stereocenters. The lowest BCUT2D eigenvalue weighted by Gasteiger charge is -2.02. The number of carbonyl (C=O) groups is 1. The maximum Gasteiger partial charge on any atom is 0.154 e. The molecule has 3 heteroatoms. The Balaban J connectivity index is 3.21. The minimum absolute atomic E-state index is 0.0404. The van der Waals surface area contributed by atoms with Crippen LogP contribution >= 0.6 is 0 Å². The van der Waals surface area contributed by atoms with Crippen molar-refractivity contribution >= 4 is 6.29 Å². The summed E-state index contributed by atoms with van der Waals surface area (Å²) in [5, 5.41) is 2.85. The zero-order chi connectivity index (χ0) is 11.3. The molecule has 0 heterocycles. The van der Waals surface area contributed by atoms with Crippen molar-refractivity contribution in [3.05, 3.63) is 34.6 Å². The summed E-state index contributed by atoms with van der Waals surface area (Å²) in [6.45, 7) is 2.31.